The molecule has 0 aromatic heterocycles. The molecule has 0 bridgehead atoms. The smallest absolute Gasteiger partial charge is 0.260 e. The Morgan fingerprint density at radius 3 is 2.75 bits per heavy atom. The predicted molar refractivity (Wildman–Crippen MR) is 84.8 cm³/mol. The van der Waals surface area contributed by atoms with E-state index in [2.05, 4.69) is 28.2 Å². The van der Waals surface area contributed by atoms with Crippen LogP contribution in [-0.4, -0.2) is 18.6 Å². The standard InChI is InChI=1S/C15H23BrN2O2/c1-4-5-8-18-15(19)11(3)20-14-7-6-12(16)9-13(14)10(2)17/h6-7,9-11H,4-5,8,17H2,1-3H3,(H,18,19). The molecule has 0 heterocycles. The molecule has 0 saturated heterocycles. The van der Waals surface area contributed by atoms with Crippen molar-refractivity contribution in [2.75, 3.05) is 6.54 Å². The minimum Gasteiger partial charge on any atom is -0.481 e. The molecule has 3 N–H and O–H groups in total. The lowest BCUT2D eigenvalue weighted by Crippen LogP contribution is -2.37. The number of unbranched alkanes of at least 4 members (excludes halogenated alkanes) is 1. The van der Waals surface area contributed by atoms with Crippen molar-refractivity contribution in [3.63, 3.8) is 0 Å². The molecule has 2 atom stereocenters. The van der Waals surface area contributed by atoms with E-state index in [1.54, 1.807) is 6.92 Å². The summed E-state index contributed by atoms with van der Waals surface area (Å²) in [6.07, 6.45) is 1.49. The third-order valence-electron chi connectivity index (χ3n) is 2.96. The Balaban J connectivity index is 2.70. The minimum absolute atomic E-state index is 0.100. The Hall–Kier alpha value is -1.07. The molecule has 2 unspecified atom stereocenters. The van der Waals surface area contributed by atoms with E-state index in [0.717, 1.165) is 22.9 Å². The molecule has 0 aliphatic rings. The zero-order valence-electron chi connectivity index (χ0n) is 12.3. The molecule has 1 amide bonds. The molecular formula is C15H23BrN2O2. The third-order valence-corrected chi connectivity index (χ3v) is 3.46. The van der Waals surface area contributed by atoms with E-state index in [9.17, 15) is 4.79 Å². The second kappa shape index (κ2) is 8.27. The van der Waals surface area contributed by atoms with Gasteiger partial charge in [0.25, 0.3) is 5.91 Å². The number of amides is 1. The zero-order chi connectivity index (χ0) is 15.1. The van der Waals surface area contributed by atoms with Crippen LogP contribution in [0.15, 0.2) is 22.7 Å². The van der Waals surface area contributed by atoms with Crippen LogP contribution in [0.5, 0.6) is 5.75 Å². The van der Waals surface area contributed by atoms with E-state index >= 15 is 0 Å². The molecule has 0 fully saturated rings. The molecular weight excluding hydrogens is 320 g/mol. The molecule has 4 nitrogen and oxygen atoms in total. The zero-order valence-corrected chi connectivity index (χ0v) is 13.9. The highest BCUT2D eigenvalue weighted by molar-refractivity contribution is 9.10. The number of hydrogen-bond acceptors (Lipinski definition) is 3. The van der Waals surface area contributed by atoms with Gasteiger partial charge in [0.15, 0.2) is 6.10 Å². The molecule has 0 aliphatic carbocycles. The maximum absolute atomic E-state index is 11.9. The van der Waals surface area contributed by atoms with Crippen LogP contribution >= 0.6 is 15.9 Å². The normalized spacial score (nSPS) is 13.7. The third kappa shape index (κ3) is 5.13. The second-order valence-corrected chi connectivity index (χ2v) is 5.79. The van der Waals surface area contributed by atoms with Gasteiger partial charge >= 0.3 is 0 Å². The summed E-state index contributed by atoms with van der Waals surface area (Å²) in [5.74, 6) is 0.554. The quantitative estimate of drug-likeness (QED) is 0.748. The maximum Gasteiger partial charge on any atom is 0.260 e. The average Bonchev–Trinajstić information content (AvgIpc) is 2.40. The Labute approximate surface area is 129 Å². The Kier molecular flexibility index (Phi) is 7.02. The van der Waals surface area contributed by atoms with Crippen molar-refractivity contribution in [1.82, 2.24) is 5.32 Å². The molecule has 5 heteroatoms. The summed E-state index contributed by atoms with van der Waals surface area (Å²) in [5.41, 5.74) is 6.81. The lowest BCUT2D eigenvalue weighted by Gasteiger charge is -2.19. The Morgan fingerprint density at radius 1 is 1.45 bits per heavy atom. The highest BCUT2D eigenvalue weighted by atomic mass is 79.9. The van der Waals surface area contributed by atoms with E-state index in [1.807, 2.05) is 25.1 Å². The highest BCUT2D eigenvalue weighted by Crippen LogP contribution is 2.28. The van der Waals surface area contributed by atoms with Gasteiger partial charge in [-0.2, -0.15) is 0 Å². The first kappa shape index (κ1) is 17.0. The van der Waals surface area contributed by atoms with Gasteiger partial charge in [-0.3, -0.25) is 4.79 Å². The van der Waals surface area contributed by atoms with E-state index in [4.69, 9.17) is 10.5 Å². The van der Waals surface area contributed by atoms with Gasteiger partial charge in [-0.15, -0.1) is 0 Å². The van der Waals surface area contributed by atoms with Crippen molar-refractivity contribution < 1.29 is 9.53 Å². The highest BCUT2D eigenvalue weighted by Gasteiger charge is 2.17. The molecule has 0 saturated carbocycles. The molecule has 1 rings (SSSR count). The summed E-state index contributed by atoms with van der Waals surface area (Å²) in [6, 6.07) is 5.47. The minimum atomic E-state index is -0.537. The van der Waals surface area contributed by atoms with Crippen LogP contribution in [0.4, 0.5) is 0 Å². The van der Waals surface area contributed by atoms with Gasteiger partial charge < -0.3 is 15.8 Å². The lowest BCUT2D eigenvalue weighted by atomic mass is 10.1. The molecule has 0 aliphatic heterocycles. The number of carbonyl (C=O) groups is 1. The van der Waals surface area contributed by atoms with E-state index in [0.29, 0.717) is 12.3 Å². The summed E-state index contributed by atoms with van der Waals surface area (Å²) in [4.78, 5) is 11.9. The number of halogens is 1. The Morgan fingerprint density at radius 2 is 2.15 bits per heavy atom. The van der Waals surface area contributed by atoms with Crippen LogP contribution < -0.4 is 15.8 Å². The van der Waals surface area contributed by atoms with Crippen LogP contribution in [0.1, 0.15) is 45.2 Å². The van der Waals surface area contributed by atoms with Crippen molar-refractivity contribution in [3.8, 4) is 5.75 Å². The number of hydrogen-bond donors (Lipinski definition) is 2. The molecule has 0 spiro atoms. The maximum atomic E-state index is 11.9. The molecule has 1 aromatic rings. The van der Waals surface area contributed by atoms with E-state index in [-0.39, 0.29) is 11.9 Å². The molecule has 1 aromatic carbocycles. The summed E-state index contributed by atoms with van der Waals surface area (Å²) < 4.78 is 6.68. The number of carbonyl (C=O) groups excluding carboxylic acids is 1. The lowest BCUT2D eigenvalue weighted by molar-refractivity contribution is -0.127. The van der Waals surface area contributed by atoms with Gasteiger partial charge in [0, 0.05) is 22.6 Å². The van der Waals surface area contributed by atoms with Gasteiger partial charge in [0.1, 0.15) is 5.75 Å². The van der Waals surface area contributed by atoms with Gasteiger partial charge in [0.05, 0.1) is 0 Å². The predicted octanol–water partition coefficient (Wildman–Crippen LogP) is 3.15. The van der Waals surface area contributed by atoms with Crippen molar-refractivity contribution in [2.45, 2.75) is 45.8 Å². The fourth-order valence-corrected chi connectivity index (χ4v) is 2.14. The van der Waals surface area contributed by atoms with Crippen LogP contribution in [0.3, 0.4) is 0 Å². The van der Waals surface area contributed by atoms with Crippen molar-refractivity contribution in [3.05, 3.63) is 28.2 Å². The number of benzene rings is 1. The van der Waals surface area contributed by atoms with Gasteiger partial charge in [-0.1, -0.05) is 29.3 Å². The van der Waals surface area contributed by atoms with Crippen LogP contribution in [0.25, 0.3) is 0 Å². The van der Waals surface area contributed by atoms with Crippen LogP contribution in [0, 0.1) is 0 Å². The monoisotopic (exact) mass is 342 g/mol. The van der Waals surface area contributed by atoms with Crippen LogP contribution in [-0.2, 0) is 4.79 Å². The summed E-state index contributed by atoms with van der Waals surface area (Å²) in [5, 5.41) is 2.86. The first-order valence-corrected chi connectivity index (χ1v) is 7.74. The number of ether oxygens (including phenoxy) is 1. The Bertz CT molecular complexity index is 449. The largest absolute Gasteiger partial charge is 0.481 e. The summed E-state index contributed by atoms with van der Waals surface area (Å²) in [6.45, 7) is 6.40. The topological polar surface area (TPSA) is 64.3 Å². The number of nitrogens with two attached hydrogens (primary N) is 1. The van der Waals surface area contributed by atoms with Gasteiger partial charge in [0.2, 0.25) is 0 Å². The summed E-state index contributed by atoms with van der Waals surface area (Å²) in [7, 11) is 0. The molecule has 112 valence electrons. The fourth-order valence-electron chi connectivity index (χ4n) is 1.76. The summed E-state index contributed by atoms with van der Waals surface area (Å²) >= 11 is 3.41. The average molecular weight is 343 g/mol. The first-order valence-electron chi connectivity index (χ1n) is 6.95. The van der Waals surface area contributed by atoms with Crippen molar-refractivity contribution >= 4 is 21.8 Å². The SMILES string of the molecule is CCCCNC(=O)C(C)Oc1ccc(Br)cc1C(C)N. The van der Waals surface area contributed by atoms with E-state index < -0.39 is 6.10 Å². The van der Waals surface area contributed by atoms with E-state index in [1.165, 1.54) is 0 Å². The first-order chi connectivity index (χ1) is 9.45. The van der Waals surface area contributed by atoms with Crippen molar-refractivity contribution in [2.24, 2.45) is 5.73 Å². The molecule has 20 heavy (non-hydrogen) atoms. The number of nitrogens with one attached hydrogen (secondary N) is 1. The fraction of sp³-hybridized carbons (Fsp3) is 0.533. The van der Waals surface area contributed by atoms with Gasteiger partial charge in [-0.05, 0) is 38.5 Å². The number of rotatable bonds is 7. The molecule has 0 radical (unpaired) electrons. The van der Waals surface area contributed by atoms with Crippen LogP contribution in [0.2, 0.25) is 0 Å². The van der Waals surface area contributed by atoms with Crippen molar-refractivity contribution in [1.29, 1.82) is 0 Å². The van der Waals surface area contributed by atoms with Gasteiger partial charge in [-0.25, -0.2) is 0 Å². The second-order valence-electron chi connectivity index (χ2n) is 4.88.